The second-order valence-electron chi connectivity index (χ2n) is 5.30. The highest BCUT2D eigenvalue weighted by atomic mass is 32.2. The van der Waals surface area contributed by atoms with Crippen molar-refractivity contribution >= 4 is 16.1 Å². The SMILES string of the molecule is Cc1ccc(S(=O)(=O)OC[C@H]2C=CC([N+](=O)[O-])=C(C(=O)O)C2)cc1. The Hall–Kier alpha value is -2.52. The number of carboxylic acids is 1. The molecule has 1 aromatic carbocycles. The van der Waals surface area contributed by atoms with E-state index in [4.69, 9.17) is 9.29 Å². The molecule has 0 bridgehead atoms. The Kier molecular flexibility index (Phi) is 5.15. The molecule has 2 rings (SSSR count). The molecule has 0 aliphatic heterocycles. The second-order valence-corrected chi connectivity index (χ2v) is 6.92. The first-order valence-corrected chi connectivity index (χ1v) is 8.36. The van der Waals surface area contributed by atoms with E-state index in [1.807, 2.05) is 6.92 Å². The summed E-state index contributed by atoms with van der Waals surface area (Å²) in [5.74, 6) is -1.99. The van der Waals surface area contributed by atoms with Crippen LogP contribution in [-0.2, 0) is 19.1 Å². The first-order valence-electron chi connectivity index (χ1n) is 6.96. The van der Waals surface area contributed by atoms with Crippen LogP contribution in [0.4, 0.5) is 0 Å². The molecule has 0 amide bonds. The van der Waals surface area contributed by atoms with E-state index in [2.05, 4.69) is 0 Å². The molecule has 1 N–H and O–H groups in total. The minimum absolute atomic E-state index is 0.00660. The van der Waals surface area contributed by atoms with Crippen molar-refractivity contribution in [3.8, 4) is 0 Å². The lowest BCUT2D eigenvalue weighted by molar-refractivity contribution is -0.420. The number of nitro groups is 1. The van der Waals surface area contributed by atoms with Crippen LogP contribution in [-0.4, -0.2) is 31.0 Å². The molecule has 0 fully saturated rings. The van der Waals surface area contributed by atoms with Crippen LogP contribution in [0.2, 0.25) is 0 Å². The summed E-state index contributed by atoms with van der Waals surface area (Å²) in [6, 6.07) is 6.08. The highest BCUT2D eigenvalue weighted by Crippen LogP contribution is 2.26. The van der Waals surface area contributed by atoms with Crippen LogP contribution in [0.3, 0.4) is 0 Å². The summed E-state index contributed by atoms with van der Waals surface area (Å²) < 4.78 is 29.1. The maximum atomic E-state index is 12.1. The fourth-order valence-electron chi connectivity index (χ4n) is 2.19. The third-order valence-corrected chi connectivity index (χ3v) is 4.80. The van der Waals surface area contributed by atoms with Gasteiger partial charge in [0.25, 0.3) is 15.8 Å². The molecular formula is C15H15NO7S. The number of hydrogen-bond donors (Lipinski definition) is 1. The zero-order valence-corrected chi connectivity index (χ0v) is 13.5. The van der Waals surface area contributed by atoms with E-state index >= 15 is 0 Å². The summed E-state index contributed by atoms with van der Waals surface area (Å²) in [6.07, 6.45) is 2.28. The van der Waals surface area contributed by atoms with Crippen molar-refractivity contribution in [2.75, 3.05) is 6.61 Å². The normalized spacial score (nSPS) is 17.8. The molecule has 0 saturated carbocycles. The molecule has 0 heterocycles. The van der Waals surface area contributed by atoms with Gasteiger partial charge in [-0.15, -0.1) is 0 Å². The van der Waals surface area contributed by atoms with E-state index in [1.165, 1.54) is 18.2 Å². The van der Waals surface area contributed by atoms with Gasteiger partial charge in [0, 0.05) is 12.0 Å². The molecule has 1 aromatic rings. The number of carbonyl (C=O) groups is 1. The number of benzene rings is 1. The lowest BCUT2D eigenvalue weighted by atomic mass is 9.93. The van der Waals surface area contributed by atoms with Gasteiger partial charge in [0.1, 0.15) is 5.57 Å². The monoisotopic (exact) mass is 353 g/mol. The van der Waals surface area contributed by atoms with Gasteiger partial charge >= 0.3 is 5.97 Å². The summed E-state index contributed by atoms with van der Waals surface area (Å²) in [5, 5.41) is 19.9. The maximum Gasteiger partial charge on any atom is 0.338 e. The predicted octanol–water partition coefficient (Wildman–Crippen LogP) is 1.89. The Morgan fingerprint density at radius 1 is 1.38 bits per heavy atom. The van der Waals surface area contributed by atoms with Crippen molar-refractivity contribution in [2.24, 2.45) is 5.92 Å². The van der Waals surface area contributed by atoms with Gasteiger partial charge in [-0.25, -0.2) is 4.79 Å². The highest BCUT2D eigenvalue weighted by molar-refractivity contribution is 7.86. The molecule has 1 aliphatic rings. The molecule has 0 radical (unpaired) electrons. The van der Waals surface area contributed by atoms with Crippen LogP contribution < -0.4 is 0 Å². The Morgan fingerprint density at radius 3 is 2.54 bits per heavy atom. The Bertz CT molecular complexity index is 822. The molecule has 1 atom stereocenters. The summed E-state index contributed by atoms with van der Waals surface area (Å²) in [4.78, 5) is 21.1. The summed E-state index contributed by atoms with van der Waals surface area (Å²) in [5.41, 5.74) is 0.0247. The molecule has 128 valence electrons. The minimum Gasteiger partial charge on any atom is -0.478 e. The van der Waals surface area contributed by atoms with E-state index in [9.17, 15) is 23.3 Å². The average molecular weight is 353 g/mol. The minimum atomic E-state index is -3.98. The highest BCUT2D eigenvalue weighted by Gasteiger charge is 2.29. The van der Waals surface area contributed by atoms with Crippen molar-refractivity contribution in [1.29, 1.82) is 0 Å². The van der Waals surface area contributed by atoms with Crippen LogP contribution in [0.25, 0.3) is 0 Å². The fraction of sp³-hybridized carbons (Fsp3) is 0.267. The molecule has 8 nitrogen and oxygen atoms in total. The lowest BCUT2D eigenvalue weighted by Gasteiger charge is -2.16. The van der Waals surface area contributed by atoms with Crippen molar-refractivity contribution < 1.29 is 27.4 Å². The molecule has 0 aromatic heterocycles. The third-order valence-electron chi connectivity index (χ3n) is 3.50. The van der Waals surface area contributed by atoms with E-state index in [0.29, 0.717) is 0 Å². The summed E-state index contributed by atoms with van der Waals surface area (Å²) >= 11 is 0. The van der Waals surface area contributed by atoms with E-state index in [0.717, 1.165) is 11.6 Å². The van der Waals surface area contributed by atoms with E-state index in [-0.39, 0.29) is 23.5 Å². The van der Waals surface area contributed by atoms with Gasteiger partial charge < -0.3 is 5.11 Å². The number of rotatable bonds is 6. The fourth-order valence-corrected chi connectivity index (χ4v) is 3.15. The number of allylic oxidation sites excluding steroid dienone is 1. The van der Waals surface area contributed by atoms with Crippen LogP contribution in [0.15, 0.2) is 52.6 Å². The number of aliphatic carboxylic acids is 1. The van der Waals surface area contributed by atoms with Crippen molar-refractivity contribution in [1.82, 2.24) is 0 Å². The maximum absolute atomic E-state index is 12.1. The first kappa shape index (κ1) is 17.8. The number of carboxylic acid groups (broad SMARTS) is 1. The van der Waals surface area contributed by atoms with Gasteiger partial charge in [-0.1, -0.05) is 23.8 Å². The van der Waals surface area contributed by atoms with Crippen LogP contribution in [0.1, 0.15) is 12.0 Å². The first-order chi connectivity index (χ1) is 11.2. The van der Waals surface area contributed by atoms with Gasteiger partial charge in [-0.2, -0.15) is 8.42 Å². The summed E-state index contributed by atoms with van der Waals surface area (Å²) in [6.45, 7) is 1.52. The molecule has 1 aliphatic carbocycles. The van der Waals surface area contributed by atoms with Gasteiger partial charge in [0.05, 0.1) is 16.4 Å². The number of nitrogens with zero attached hydrogens (tertiary/aromatic N) is 1. The largest absolute Gasteiger partial charge is 0.478 e. The zero-order chi connectivity index (χ0) is 17.9. The molecule has 24 heavy (non-hydrogen) atoms. The smallest absolute Gasteiger partial charge is 0.338 e. The topological polar surface area (TPSA) is 124 Å². The van der Waals surface area contributed by atoms with Crippen LogP contribution in [0.5, 0.6) is 0 Å². The molecule has 0 unspecified atom stereocenters. The van der Waals surface area contributed by atoms with Gasteiger partial charge in [0.15, 0.2) is 0 Å². The van der Waals surface area contributed by atoms with Crippen molar-refractivity contribution in [3.63, 3.8) is 0 Å². The van der Waals surface area contributed by atoms with E-state index < -0.39 is 32.6 Å². The van der Waals surface area contributed by atoms with Crippen LogP contribution >= 0.6 is 0 Å². The Labute approximate surface area is 138 Å². The van der Waals surface area contributed by atoms with Crippen molar-refractivity contribution in [2.45, 2.75) is 18.2 Å². The Balaban J connectivity index is 2.08. The van der Waals surface area contributed by atoms with Crippen LogP contribution in [0, 0.1) is 23.0 Å². The average Bonchev–Trinajstić information content (AvgIpc) is 2.53. The van der Waals surface area contributed by atoms with Crippen molar-refractivity contribution in [3.05, 3.63) is 63.4 Å². The Morgan fingerprint density at radius 2 is 2.00 bits per heavy atom. The molecular weight excluding hydrogens is 338 g/mol. The molecule has 0 spiro atoms. The second kappa shape index (κ2) is 6.93. The number of hydrogen-bond acceptors (Lipinski definition) is 6. The van der Waals surface area contributed by atoms with Gasteiger partial charge in [-0.05, 0) is 25.5 Å². The number of aryl methyl sites for hydroxylation is 1. The standard InChI is InChI=1S/C15H15NO7S/c1-10-2-5-12(6-3-10)24(21,22)23-9-11-4-7-14(16(19)20)13(8-11)15(17)18/h2-7,11H,8-9H2,1H3,(H,17,18)/t11-/m0/s1. The van der Waals surface area contributed by atoms with E-state index in [1.54, 1.807) is 12.1 Å². The molecule has 9 heteroatoms. The third kappa shape index (κ3) is 4.06. The lowest BCUT2D eigenvalue weighted by Crippen LogP contribution is -2.20. The summed E-state index contributed by atoms with van der Waals surface area (Å²) in [7, 11) is -3.98. The van der Waals surface area contributed by atoms with Gasteiger partial charge in [0.2, 0.25) is 0 Å². The zero-order valence-electron chi connectivity index (χ0n) is 12.7. The molecule has 0 saturated heterocycles. The van der Waals surface area contributed by atoms with Gasteiger partial charge in [-0.3, -0.25) is 14.3 Å². The quantitative estimate of drug-likeness (QED) is 0.470. The predicted molar refractivity (Wildman–Crippen MR) is 83.2 cm³/mol.